The fourth-order valence-corrected chi connectivity index (χ4v) is 1.39. The van der Waals surface area contributed by atoms with Crippen molar-refractivity contribution in [2.75, 3.05) is 7.11 Å². The number of phenolic OH excluding ortho intramolecular Hbond substituents is 1. The number of esters is 1. The molecule has 1 aromatic rings. The third-order valence-electron chi connectivity index (χ3n) is 2.42. The second-order valence-corrected chi connectivity index (χ2v) is 3.68. The minimum Gasteiger partial charge on any atom is -0.508 e. The molecule has 5 nitrogen and oxygen atoms in total. The van der Waals surface area contributed by atoms with Gasteiger partial charge in [-0.2, -0.15) is 13.2 Å². The highest BCUT2D eigenvalue weighted by Crippen LogP contribution is 2.35. The highest BCUT2D eigenvalue weighted by molar-refractivity contribution is 5.75. The number of hydrogen-bond acceptors (Lipinski definition) is 5. The molecule has 0 saturated heterocycles. The molecule has 3 N–H and O–H groups in total. The maximum Gasteiger partial charge on any atom is 0.416 e. The highest BCUT2D eigenvalue weighted by Gasteiger charge is 2.33. The van der Waals surface area contributed by atoms with Gasteiger partial charge in [0.15, 0.2) is 6.10 Å². The van der Waals surface area contributed by atoms with Crippen molar-refractivity contribution in [3.05, 3.63) is 29.3 Å². The van der Waals surface area contributed by atoms with Crippen LogP contribution in [0, 0.1) is 0 Å². The summed E-state index contributed by atoms with van der Waals surface area (Å²) in [7, 11) is 0.963. The van der Waals surface area contributed by atoms with Crippen molar-refractivity contribution in [2.24, 2.45) is 0 Å². The van der Waals surface area contributed by atoms with E-state index in [-0.39, 0.29) is 0 Å². The molecule has 2 unspecified atom stereocenters. The molecule has 0 saturated carbocycles. The first-order valence-corrected chi connectivity index (χ1v) is 5.02. The van der Waals surface area contributed by atoms with E-state index in [0.717, 1.165) is 13.2 Å². The van der Waals surface area contributed by atoms with Crippen LogP contribution in [0.25, 0.3) is 0 Å². The molecule has 0 fully saturated rings. The number of aliphatic hydroxyl groups is 2. The van der Waals surface area contributed by atoms with Crippen LogP contribution in [0.3, 0.4) is 0 Å². The van der Waals surface area contributed by atoms with E-state index in [0.29, 0.717) is 12.1 Å². The number of rotatable bonds is 3. The van der Waals surface area contributed by atoms with Gasteiger partial charge >= 0.3 is 12.1 Å². The molecule has 0 heterocycles. The molecule has 0 amide bonds. The molecule has 1 rings (SSSR count). The summed E-state index contributed by atoms with van der Waals surface area (Å²) in [6.45, 7) is 0. The number of ether oxygens (including phenoxy) is 1. The molecular formula is C11H11F3O5. The molecule has 0 aliphatic rings. The smallest absolute Gasteiger partial charge is 0.416 e. The zero-order valence-corrected chi connectivity index (χ0v) is 9.68. The minimum absolute atomic E-state index is 0.391. The summed E-state index contributed by atoms with van der Waals surface area (Å²) < 4.78 is 41.2. The molecule has 0 spiro atoms. The Hall–Kier alpha value is -1.80. The van der Waals surface area contributed by atoms with Crippen LogP contribution in [0.4, 0.5) is 13.2 Å². The SMILES string of the molecule is COC(=O)C(O)C(O)c1ccc(C(F)(F)F)cc1O. The van der Waals surface area contributed by atoms with Crippen molar-refractivity contribution in [3.8, 4) is 5.75 Å². The summed E-state index contributed by atoms with van der Waals surface area (Å²) in [5, 5.41) is 28.3. The van der Waals surface area contributed by atoms with Crippen LogP contribution in [0.1, 0.15) is 17.2 Å². The van der Waals surface area contributed by atoms with Crippen molar-refractivity contribution < 1.29 is 38.0 Å². The van der Waals surface area contributed by atoms with Crippen molar-refractivity contribution in [1.29, 1.82) is 0 Å². The molecule has 0 aliphatic heterocycles. The van der Waals surface area contributed by atoms with Crippen molar-refractivity contribution in [2.45, 2.75) is 18.4 Å². The van der Waals surface area contributed by atoms with E-state index < -0.39 is 41.2 Å². The first kappa shape index (κ1) is 15.3. The predicted octanol–water partition coefficient (Wildman–Crippen LogP) is 0.978. The Morgan fingerprint density at radius 2 is 1.89 bits per heavy atom. The van der Waals surface area contributed by atoms with Crippen molar-refractivity contribution >= 4 is 5.97 Å². The van der Waals surface area contributed by atoms with E-state index in [9.17, 15) is 33.3 Å². The van der Waals surface area contributed by atoms with Crippen LogP contribution in [-0.4, -0.2) is 34.5 Å². The summed E-state index contributed by atoms with van der Waals surface area (Å²) in [6.07, 6.45) is -8.55. The van der Waals surface area contributed by atoms with E-state index in [1.54, 1.807) is 0 Å². The molecule has 8 heteroatoms. The molecule has 106 valence electrons. The molecule has 1 aromatic carbocycles. The number of aromatic hydroxyl groups is 1. The first-order valence-electron chi connectivity index (χ1n) is 5.02. The minimum atomic E-state index is -4.65. The van der Waals surface area contributed by atoms with E-state index >= 15 is 0 Å². The number of phenols is 1. The van der Waals surface area contributed by atoms with E-state index in [2.05, 4.69) is 4.74 Å². The van der Waals surface area contributed by atoms with Crippen molar-refractivity contribution in [1.82, 2.24) is 0 Å². The monoisotopic (exact) mass is 280 g/mol. The summed E-state index contributed by atoms with van der Waals surface area (Å²) in [4.78, 5) is 11.0. The van der Waals surface area contributed by atoms with Crippen LogP contribution >= 0.6 is 0 Å². The van der Waals surface area contributed by atoms with E-state index in [1.165, 1.54) is 0 Å². The molecule has 0 aromatic heterocycles. The van der Waals surface area contributed by atoms with Gasteiger partial charge in [-0.3, -0.25) is 0 Å². The lowest BCUT2D eigenvalue weighted by Gasteiger charge is -2.18. The number of halogens is 3. The molecule has 2 atom stereocenters. The number of hydrogen-bond donors (Lipinski definition) is 3. The zero-order chi connectivity index (χ0) is 14.8. The fourth-order valence-electron chi connectivity index (χ4n) is 1.39. The number of carbonyl (C=O) groups is 1. The summed E-state index contributed by atoms with van der Waals surface area (Å²) >= 11 is 0. The number of carbonyl (C=O) groups excluding carboxylic acids is 1. The maximum atomic E-state index is 12.3. The lowest BCUT2D eigenvalue weighted by Crippen LogP contribution is -2.29. The normalized spacial score (nSPS) is 14.8. The maximum absolute atomic E-state index is 12.3. The molecule has 0 radical (unpaired) electrons. The molecule has 19 heavy (non-hydrogen) atoms. The van der Waals surface area contributed by atoms with Gasteiger partial charge in [0.2, 0.25) is 0 Å². The fraction of sp³-hybridized carbons (Fsp3) is 0.364. The lowest BCUT2D eigenvalue weighted by molar-refractivity contribution is -0.157. The van der Waals surface area contributed by atoms with Gasteiger partial charge in [-0.05, 0) is 12.1 Å². The van der Waals surface area contributed by atoms with Gasteiger partial charge in [-0.25, -0.2) is 4.79 Å². The van der Waals surface area contributed by atoms with Gasteiger partial charge in [0.1, 0.15) is 11.9 Å². The zero-order valence-electron chi connectivity index (χ0n) is 9.68. The van der Waals surface area contributed by atoms with Gasteiger partial charge in [-0.1, -0.05) is 6.07 Å². The number of alkyl halides is 3. The summed E-state index contributed by atoms with van der Waals surface area (Å²) in [5.74, 6) is -2.06. The highest BCUT2D eigenvalue weighted by atomic mass is 19.4. The molecule has 0 bridgehead atoms. The van der Waals surface area contributed by atoms with Crippen molar-refractivity contribution in [3.63, 3.8) is 0 Å². The van der Waals surface area contributed by atoms with Gasteiger partial charge < -0.3 is 20.1 Å². The first-order chi connectivity index (χ1) is 8.68. The Morgan fingerprint density at radius 1 is 1.32 bits per heavy atom. The lowest BCUT2D eigenvalue weighted by atomic mass is 10.0. The average molecular weight is 280 g/mol. The molecule has 0 aliphatic carbocycles. The van der Waals surface area contributed by atoms with Crippen LogP contribution in [-0.2, 0) is 15.7 Å². The Kier molecular flexibility index (Phi) is 4.38. The Morgan fingerprint density at radius 3 is 2.32 bits per heavy atom. The van der Waals surface area contributed by atoms with Gasteiger partial charge in [0.25, 0.3) is 0 Å². The second kappa shape index (κ2) is 5.45. The third-order valence-corrected chi connectivity index (χ3v) is 2.42. The predicted molar refractivity (Wildman–Crippen MR) is 56.1 cm³/mol. The van der Waals surface area contributed by atoms with Gasteiger partial charge in [0.05, 0.1) is 12.7 Å². The summed E-state index contributed by atoms with van der Waals surface area (Å²) in [6, 6.07) is 1.78. The van der Waals surface area contributed by atoms with E-state index in [1.807, 2.05) is 0 Å². The average Bonchev–Trinajstić information content (AvgIpc) is 2.34. The van der Waals surface area contributed by atoms with E-state index in [4.69, 9.17) is 0 Å². The standard InChI is InChI=1S/C11H11F3O5/c1-19-10(18)9(17)8(16)6-3-2-5(4-7(6)15)11(12,13)14/h2-4,8-9,15-17H,1H3. The van der Waals surface area contributed by atoms with Crippen LogP contribution < -0.4 is 0 Å². The second-order valence-electron chi connectivity index (χ2n) is 3.68. The molecular weight excluding hydrogens is 269 g/mol. The Bertz CT molecular complexity index is 472. The Balaban J connectivity index is 3.06. The topological polar surface area (TPSA) is 87.0 Å². The summed E-state index contributed by atoms with van der Waals surface area (Å²) in [5.41, 5.74) is -1.53. The van der Waals surface area contributed by atoms with Gasteiger partial charge in [0, 0.05) is 5.56 Å². The largest absolute Gasteiger partial charge is 0.508 e. The third kappa shape index (κ3) is 3.36. The number of methoxy groups -OCH3 is 1. The Labute approximate surface area is 105 Å². The quantitative estimate of drug-likeness (QED) is 0.718. The van der Waals surface area contributed by atoms with Crippen LogP contribution in [0.5, 0.6) is 5.75 Å². The number of benzene rings is 1. The van der Waals surface area contributed by atoms with Crippen LogP contribution in [0.15, 0.2) is 18.2 Å². The van der Waals surface area contributed by atoms with Gasteiger partial charge in [-0.15, -0.1) is 0 Å². The van der Waals surface area contributed by atoms with Crippen LogP contribution in [0.2, 0.25) is 0 Å². The number of aliphatic hydroxyl groups excluding tert-OH is 2.